The highest BCUT2D eigenvalue weighted by Crippen LogP contribution is 2.27. The van der Waals surface area contributed by atoms with Crippen molar-refractivity contribution in [3.8, 4) is 0 Å². The van der Waals surface area contributed by atoms with E-state index in [0.717, 1.165) is 43.2 Å². The Balaban J connectivity index is 1.26. The molecule has 1 aromatic heterocycles. The number of nitrogens with zero attached hydrogens (tertiary/aromatic N) is 4. The fourth-order valence-electron chi connectivity index (χ4n) is 4.24. The largest absolute Gasteiger partial charge is 0.482 e. The molecular formula is C21H27N5O2. The first-order chi connectivity index (χ1) is 13.8. The van der Waals surface area contributed by atoms with E-state index < -0.39 is 6.35 Å². The van der Waals surface area contributed by atoms with Crippen LogP contribution in [0.15, 0.2) is 35.2 Å². The second-order valence-corrected chi connectivity index (χ2v) is 7.71. The summed E-state index contributed by atoms with van der Waals surface area (Å²) in [6, 6.07) is 7.26. The molecule has 0 spiro atoms. The third kappa shape index (κ3) is 3.40. The van der Waals surface area contributed by atoms with E-state index in [0.29, 0.717) is 12.5 Å². The molecule has 1 saturated carbocycles. The van der Waals surface area contributed by atoms with Crippen LogP contribution in [0, 0.1) is 0 Å². The van der Waals surface area contributed by atoms with E-state index >= 15 is 0 Å². The molecule has 0 bridgehead atoms. The van der Waals surface area contributed by atoms with Gasteiger partial charge in [0.1, 0.15) is 5.82 Å². The predicted molar refractivity (Wildman–Crippen MR) is 108 cm³/mol. The second-order valence-electron chi connectivity index (χ2n) is 7.71. The summed E-state index contributed by atoms with van der Waals surface area (Å²) in [4.78, 5) is 11.9. The number of imidazole rings is 1. The van der Waals surface area contributed by atoms with E-state index in [1.807, 2.05) is 0 Å². The fourth-order valence-corrected chi connectivity index (χ4v) is 4.24. The van der Waals surface area contributed by atoms with Gasteiger partial charge in [0.05, 0.1) is 24.8 Å². The molecule has 5 rings (SSSR count). The van der Waals surface area contributed by atoms with Gasteiger partial charge in [0.15, 0.2) is 5.88 Å². The van der Waals surface area contributed by atoms with Gasteiger partial charge < -0.3 is 19.4 Å². The molecule has 1 unspecified atom stereocenters. The van der Waals surface area contributed by atoms with Crippen molar-refractivity contribution in [3.63, 3.8) is 0 Å². The Morgan fingerprint density at radius 1 is 1.21 bits per heavy atom. The van der Waals surface area contributed by atoms with Crippen LogP contribution in [0.2, 0.25) is 0 Å². The SMILES string of the molecule is COC1=CC=NC(OCc2ccc3c(c2)nc2n3CCN(C3CCC3)CC2)N1. The van der Waals surface area contributed by atoms with Gasteiger partial charge in [-0.15, -0.1) is 0 Å². The molecule has 7 nitrogen and oxygen atoms in total. The minimum Gasteiger partial charge on any atom is -0.482 e. The molecule has 1 atom stereocenters. The van der Waals surface area contributed by atoms with Gasteiger partial charge in [-0.3, -0.25) is 4.90 Å². The Morgan fingerprint density at radius 3 is 2.96 bits per heavy atom. The molecule has 0 radical (unpaired) electrons. The van der Waals surface area contributed by atoms with Crippen molar-refractivity contribution in [2.75, 3.05) is 20.2 Å². The Hall–Kier alpha value is -2.38. The number of allylic oxidation sites excluding steroid dienone is 1. The van der Waals surface area contributed by atoms with Crippen molar-refractivity contribution in [1.29, 1.82) is 0 Å². The lowest BCUT2D eigenvalue weighted by Crippen LogP contribution is -2.41. The molecular weight excluding hydrogens is 354 g/mol. The summed E-state index contributed by atoms with van der Waals surface area (Å²) < 4.78 is 13.4. The molecule has 1 N–H and O–H groups in total. The average Bonchev–Trinajstić information content (AvgIpc) is 2.91. The second kappa shape index (κ2) is 7.56. The van der Waals surface area contributed by atoms with E-state index in [1.165, 1.54) is 30.6 Å². The van der Waals surface area contributed by atoms with E-state index in [2.05, 4.69) is 38.0 Å². The van der Waals surface area contributed by atoms with Crippen molar-refractivity contribution in [3.05, 3.63) is 41.5 Å². The molecule has 1 aromatic carbocycles. The van der Waals surface area contributed by atoms with Gasteiger partial charge >= 0.3 is 0 Å². The number of aromatic nitrogens is 2. The zero-order chi connectivity index (χ0) is 18.9. The smallest absolute Gasteiger partial charge is 0.228 e. The normalized spacial score (nSPS) is 22.9. The number of nitrogens with one attached hydrogen (secondary N) is 1. The number of aliphatic imine (C=N–C) groups is 1. The highest BCUT2D eigenvalue weighted by atomic mass is 16.5. The topological polar surface area (TPSA) is 63.9 Å². The van der Waals surface area contributed by atoms with E-state index in [-0.39, 0.29) is 0 Å². The summed E-state index contributed by atoms with van der Waals surface area (Å²) in [5, 5.41) is 3.07. The van der Waals surface area contributed by atoms with Gasteiger partial charge in [-0.25, -0.2) is 9.98 Å². The molecule has 3 heterocycles. The molecule has 28 heavy (non-hydrogen) atoms. The van der Waals surface area contributed by atoms with Crippen LogP contribution in [-0.4, -0.2) is 53.3 Å². The molecule has 7 heteroatoms. The van der Waals surface area contributed by atoms with Crippen molar-refractivity contribution >= 4 is 17.2 Å². The maximum absolute atomic E-state index is 5.86. The van der Waals surface area contributed by atoms with Crippen LogP contribution in [0.1, 0.15) is 30.7 Å². The van der Waals surface area contributed by atoms with E-state index in [4.69, 9.17) is 14.5 Å². The Kier molecular flexibility index (Phi) is 4.78. The quantitative estimate of drug-likeness (QED) is 0.862. The predicted octanol–water partition coefficient (Wildman–Crippen LogP) is 2.41. The first kappa shape index (κ1) is 17.7. The number of ether oxygens (including phenoxy) is 2. The van der Waals surface area contributed by atoms with Crippen molar-refractivity contribution < 1.29 is 9.47 Å². The average molecular weight is 381 g/mol. The summed E-state index contributed by atoms with van der Waals surface area (Å²) in [5.41, 5.74) is 3.39. The van der Waals surface area contributed by atoms with Crippen LogP contribution in [-0.2, 0) is 29.0 Å². The third-order valence-corrected chi connectivity index (χ3v) is 6.06. The Morgan fingerprint density at radius 2 is 2.14 bits per heavy atom. The molecule has 2 aromatic rings. The van der Waals surface area contributed by atoms with Gasteiger partial charge in [-0.05, 0) is 30.5 Å². The van der Waals surface area contributed by atoms with Crippen molar-refractivity contribution in [2.24, 2.45) is 4.99 Å². The first-order valence-electron chi connectivity index (χ1n) is 10.2. The molecule has 1 fully saturated rings. The number of methoxy groups -OCH3 is 1. The first-order valence-corrected chi connectivity index (χ1v) is 10.2. The van der Waals surface area contributed by atoms with Crippen LogP contribution in [0.25, 0.3) is 11.0 Å². The summed E-state index contributed by atoms with van der Waals surface area (Å²) >= 11 is 0. The Bertz CT molecular complexity index is 915. The van der Waals surface area contributed by atoms with Gasteiger partial charge in [0, 0.05) is 44.4 Å². The molecule has 3 aliphatic rings. The summed E-state index contributed by atoms with van der Waals surface area (Å²) in [7, 11) is 1.62. The minimum atomic E-state index is -0.424. The third-order valence-electron chi connectivity index (χ3n) is 6.06. The van der Waals surface area contributed by atoms with Crippen LogP contribution >= 0.6 is 0 Å². The van der Waals surface area contributed by atoms with Crippen molar-refractivity contribution in [2.45, 2.75) is 51.2 Å². The number of rotatable bonds is 5. The zero-order valence-corrected chi connectivity index (χ0v) is 16.3. The fraction of sp³-hybridized carbons (Fsp3) is 0.524. The molecule has 0 amide bonds. The van der Waals surface area contributed by atoms with E-state index in [9.17, 15) is 0 Å². The van der Waals surface area contributed by atoms with Crippen molar-refractivity contribution in [1.82, 2.24) is 19.8 Å². The maximum Gasteiger partial charge on any atom is 0.228 e. The lowest BCUT2D eigenvalue weighted by atomic mass is 9.91. The molecule has 0 saturated heterocycles. The monoisotopic (exact) mass is 381 g/mol. The summed E-state index contributed by atoms with van der Waals surface area (Å²) in [6.07, 6.45) is 8.21. The maximum atomic E-state index is 5.86. The van der Waals surface area contributed by atoms with Gasteiger partial charge in [-0.2, -0.15) is 0 Å². The lowest BCUT2D eigenvalue weighted by Gasteiger charge is -2.36. The number of hydrogen-bond acceptors (Lipinski definition) is 6. The van der Waals surface area contributed by atoms with Gasteiger partial charge in [0.25, 0.3) is 0 Å². The minimum absolute atomic E-state index is 0.424. The van der Waals surface area contributed by atoms with Crippen LogP contribution < -0.4 is 5.32 Å². The standard InChI is InChI=1S/C21H27N5O2/c1-27-20-7-9-22-21(24-20)28-14-15-5-6-18-17(13-15)23-19-8-10-25(11-12-26(18)19)16-3-2-4-16/h5-7,9,13,16,21,24H,2-4,8,10-12,14H2,1H3. The Labute approximate surface area is 165 Å². The highest BCUT2D eigenvalue weighted by molar-refractivity contribution is 5.77. The molecule has 2 aliphatic heterocycles. The summed E-state index contributed by atoms with van der Waals surface area (Å²) in [5.74, 6) is 1.87. The van der Waals surface area contributed by atoms with Gasteiger partial charge in [0.2, 0.25) is 6.35 Å². The number of fused-ring (bicyclic) bond motifs is 3. The molecule has 1 aliphatic carbocycles. The number of benzene rings is 1. The summed E-state index contributed by atoms with van der Waals surface area (Å²) in [6.45, 7) is 3.77. The molecule has 148 valence electrons. The van der Waals surface area contributed by atoms with E-state index in [1.54, 1.807) is 19.4 Å². The van der Waals surface area contributed by atoms with Crippen LogP contribution in [0.5, 0.6) is 0 Å². The van der Waals surface area contributed by atoms with Crippen LogP contribution in [0.4, 0.5) is 0 Å². The zero-order valence-electron chi connectivity index (χ0n) is 16.3. The van der Waals surface area contributed by atoms with Crippen LogP contribution in [0.3, 0.4) is 0 Å². The number of hydrogen-bond donors (Lipinski definition) is 1. The van der Waals surface area contributed by atoms with Gasteiger partial charge in [-0.1, -0.05) is 12.5 Å². The lowest BCUT2D eigenvalue weighted by molar-refractivity contribution is 0.0177. The highest BCUT2D eigenvalue weighted by Gasteiger charge is 2.27.